The molecule has 0 heterocycles. The first-order valence-corrected chi connectivity index (χ1v) is 5.89. The van der Waals surface area contributed by atoms with Gasteiger partial charge < -0.3 is 15.4 Å². The monoisotopic (exact) mass is 250 g/mol. The number of carbonyl (C=O) groups excluding carboxylic acids is 2. The first-order chi connectivity index (χ1) is 8.60. The fourth-order valence-corrected chi connectivity index (χ4v) is 1.60. The van der Waals surface area contributed by atoms with E-state index in [0.29, 0.717) is 24.4 Å². The second kappa shape index (κ2) is 6.64. The van der Waals surface area contributed by atoms with Crippen LogP contribution in [0.15, 0.2) is 24.3 Å². The third-order valence-corrected chi connectivity index (χ3v) is 2.54. The van der Waals surface area contributed by atoms with E-state index in [1.165, 1.54) is 0 Å². The second-order valence-corrected chi connectivity index (χ2v) is 3.73. The number of amides is 2. The van der Waals surface area contributed by atoms with Gasteiger partial charge in [-0.15, -0.1) is 0 Å². The van der Waals surface area contributed by atoms with E-state index in [-0.39, 0.29) is 12.5 Å². The van der Waals surface area contributed by atoms with Gasteiger partial charge in [0.05, 0.1) is 5.56 Å². The predicted molar refractivity (Wildman–Crippen MR) is 68.4 cm³/mol. The van der Waals surface area contributed by atoms with Crippen molar-refractivity contribution in [1.29, 1.82) is 0 Å². The van der Waals surface area contributed by atoms with Crippen LogP contribution >= 0.6 is 0 Å². The first kappa shape index (κ1) is 14.0. The molecular formula is C13H18N2O3. The highest BCUT2D eigenvalue weighted by atomic mass is 16.5. The minimum absolute atomic E-state index is 0.111. The molecule has 0 unspecified atom stereocenters. The highest BCUT2D eigenvalue weighted by Crippen LogP contribution is 2.19. The van der Waals surface area contributed by atoms with E-state index in [2.05, 4.69) is 0 Å². The Morgan fingerprint density at radius 3 is 2.39 bits per heavy atom. The zero-order chi connectivity index (χ0) is 13.5. The summed E-state index contributed by atoms with van der Waals surface area (Å²) in [5, 5.41) is 0. The van der Waals surface area contributed by atoms with Crippen LogP contribution in [0.3, 0.4) is 0 Å². The van der Waals surface area contributed by atoms with Crippen molar-refractivity contribution in [1.82, 2.24) is 4.90 Å². The van der Waals surface area contributed by atoms with Crippen LogP contribution in [0.25, 0.3) is 0 Å². The van der Waals surface area contributed by atoms with Crippen molar-refractivity contribution < 1.29 is 14.3 Å². The van der Waals surface area contributed by atoms with E-state index in [1.807, 2.05) is 13.8 Å². The number of carbonyl (C=O) groups is 2. The summed E-state index contributed by atoms with van der Waals surface area (Å²) in [6, 6.07) is 6.83. The highest BCUT2D eigenvalue weighted by molar-refractivity contribution is 5.97. The van der Waals surface area contributed by atoms with Crippen molar-refractivity contribution in [2.24, 2.45) is 5.73 Å². The molecule has 2 N–H and O–H groups in total. The number of nitrogens with zero attached hydrogens (tertiary/aromatic N) is 1. The number of nitrogens with two attached hydrogens (primary N) is 1. The van der Waals surface area contributed by atoms with Crippen molar-refractivity contribution >= 4 is 11.8 Å². The molecular weight excluding hydrogens is 232 g/mol. The highest BCUT2D eigenvalue weighted by Gasteiger charge is 2.17. The van der Waals surface area contributed by atoms with Gasteiger partial charge in [-0.25, -0.2) is 0 Å². The molecule has 0 atom stereocenters. The van der Waals surface area contributed by atoms with Crippen LogP contribution in [-0.4, -0.2) is 36.4 Å². The Morgan fingerprint density at radius 2 is 1.83 bits per heavy atom. The maximum absolute atomic E-state index is 12.2. The molecule has 98 valence electrons. The van der Waals surface area contributed by atoms with Gasteiger partial charge in [-0.05, 0) is 26.0 Å². The van der Waals surface area contributed by atoms with Crippen molar-refractivity contribution in [3.05, 3.63) is 29.8 Å². The van der Waals surface area contributed by atoms with Gasteiger partial charge in [0, 0.05) is 13.1 Å². The molecule has 18 heavy (non-hydrogen) atoms. The van der Waals surface area contributed by atoms with Crippen molar-refractivity contribution in [2.45, 2.75) is 13.8 Å². The van der Waals surface area contributed by atoms with Gasteiger partial charge in [0.25, 0.3) is 11.8 Å². The molecule has 5 nitrogen and oxygen atoms in total. The summed E-state index contributed by atoms with van der Waals surface area (Å²) in [5.41, 5.74) is 5.47. The zero-order valence-corrected chi connectivity index (χ0v) is 10.7. The summed E-state index contributed by atoms with van der Waals surface area (Å²) in [4.78, 5) is 24.6. The number of hydrogen-bond donors (Lipinski definition) is 1. The molecule has 5 heteroatoms. The van der Waals surface area contributed by atoms with E-state index < -0.39 is 5.91 Å². The summed E-state index contributed by atoms with van der Waals surface area (Å²) in [5.74, 6) is -0.298. The minimum Gasteiger partial charge on any atom is -0.483 e. The number of rotatable bonds is 6. The molecule has 1 aromatic carbocycles. The molecule has 0 aliphatic rings. The average Bonchev–Trinajstić information content (AvgIpc) is 2.38. The number of hydrogen-bond acceptors (Lipinski definition) is 3. The number of primary amides is 1. The lowest BCUT2D eigenvalue weighted by Crippen LogP contribution is -2.31. The topological polar surface area (TPSA) is 72.6 Å². The van der Waals surface area contributed by atoms with Gasteiger partial charge >= 0.3 is 0 Å². The maximum Gasteiger partial charge on any atom is 0.257 e. The molecule has 1 aromatic rings. The third-order valence-electron chi connectivity index (χ3n) is 2.54. The molecule has 0 aliphatic carbocycles. The Hall–Kier alpha value is -2.04. The molecule has 0 saturated carbocycles. The zero-order valence-electron chi connectivity index (χ0n) is 10.7. The Balaban J connectivity index is 2.93. The predicted octanol–water partition coefficient (Wildman–Crippen LogP) is 1.03. The molecule has 1 rings (SSSR count). The third kappa shape index (κ3) is 3.48. The quantitative estimate of drug-likeness (QED) is 0.819. The minimum atomic E-state index is -0.569. The first-order valence-electron chi connectivity index (χ1n) is 5.89. The fraction of sp³-hybridized carbons (Fsp3) is 0.385. The van der Waals surface area contributed by atoms with Crippen LogP contribution in [0.1, 0.15) is 24.2 Å². The molecule has 0 saturated heterocycles. The van der Waals surface area contributed by atoms with Crippen LogP contribution in [0.5, 0.6) is 5.75 Å². The molecule has 2 amide bonds. The normalized spacial score (nSPS) is 9.89. The summed E-state index contributed by atoms with van der Waals surface area (Å²) in [7, 11) is 0. The van der Waals surface area contributed by atoms with Crippen LogP contribution in [0, 0.1) is 0 Å². The van der Waals surface area contributed by atoms with Gasteiger partial charge in [0.2, 0.25) is 0 Å². The van der Waals surface area contributed by atoms with Gasteiger partial charge in [0.15, 0.2) is 6.61 Å². The van der Waals surface area contributed by atoms with Crippen molar-refractivity contribution in [3.8, 4) is 5.75 Å². The number of ether oxygens (including phenoxy) is 1. The lowest BCUT2D eigenvalue weighted by Gasteiger charge is -2.20. The SMILES string of the molecule is CCN(CC)C(=O)c1ccccc1OCC(N)=O. The Kier molecular flexibility index (Phi) is 5.17. The summed E-state index contributed by atoms with van der Waals surface area (Å²) in [6.07, 6.45) is 0. The van der Waals surface area contributed by atoms with Gasteiger partial charge in [-0.3, -0.25) is 9.59 Å². The summed E-state index contributed by atoms with van der Waals surface area (Å²) in [6.45, 7) is 4.84. The van der Waals surface area contributed by atoms with Crippen LogP contribution in [-0.2, 0) is 4.79 Å². The summed E-state index contributed by atoms with van der Waals surface area (Å²) >= 11 is 0. The Labute approximate surface area is 107 Å². The van der Waals surface area contributed by atoms with Gasteiger partial charge in [-0.1, -0.05) is 12.1 Å². The molecule has 0 bridgehead atoms. The lowest BCUT2D eigenvalue weighted by molar-refractivity contribution is -0.119. The van der Waals surface area contributed by atoms with E-state index in [1.54, 1.807) is 29.2 Å². The van der Waals surface area contributed by atoms with Gasteiger partial charge in [-0.2, -0.15) is 0 Å². The average molecular weight is 250 g/mol. The molecule has 0 spiro atoms. The molecule has 0 fully saturated rings. The maximum atomic E-state index is 12.2. The number of para-hydroxylation sites is 1. The van der Waals surface area contributed by atoms with E-state index in [4.69, 9.17) is 10.5 Å². The second-order valence-electron chi connectivity index (χ2n) is 3.73. The van der Waals surface area contributed by atoms with Crippen molar-refractivity contribution in [3.63, 3.8) is 0 Å². The Morgan fingerprint density at radius 1 is 1.22 bits per heavy atom. The molecule has 0 radical (unpaired) electrons. The van der Waals surface area contributed by atoms with E-state index in [9.17, 15) is 9.59 Å². The standard InChI is InChI=1S/C13H18N2O3/c1-3-15(4-2)13(17)10-7-5-6-8-11(10)18-9-12(14)16/h5-8H,3-4,9H2,1-2H3,(H2,14,16). The number of benzene rings is 1. The molecule has 0 aliphatic heterocycles. The van der Waals surface area contributed by atoms with Crippen LogP contribution in [0.4, 0.5) is 0 Å². The largest absolute Gasteiger partial charge is 0.483 e. The van der Waals surface area contributed by atoms with E-state index >= 15 is 0 Å². The van der Waals surface area contributed by atoms with Crippen LogP contribution < -0.4 is 10.5 Å². The van der Waals surface area contributed by atoms with Gasteiger partial charge in [0.1, 0.15) is 5.75 Å². The summed E-state index contributed by atoms with van der Waals surface area (Å²) < 4.78 is 5.24. The smallest absolute Gasteiger partial charge is 0.257 e. The van der Waals surface area contributed by atoms with Crippen molar-refractivity contribution in [2.75, 3.05) is 19.7 Å². The fourth-order valence-electron chi connectivity index (χ4n) is 1.60. The lowest BCUT2D eigenvalue weighted by atomic mass is 10.1. The Bertz CT molecular complexity index is 428. The van der Waals surface area contributed by atoms with Crippen LogP contribution in [0.2, 0.25) is 0 Å². The molecule has 0 aromatic heterocycles. The van der Waals surface area contributed by atoms with E-state index in [0.717, 1.165) is 0 Å².